The molecule has 0 saturated carbocycles. The number of allylic oxidation sites excluding steroid dienone is 1. The highest BCUT2D eigenvalue weighted by atomic mass is 19.1. The van der Waals surface area contributed by atoms with Gasteiger partial charge in [-0.15, -0.1) is 0 Å². The number of nitrogens with one attached hydrogen (secondary N) is 1. The smallest absolute Gasteiger partial charge is 0.248 e. The third kappa shape index (κ3) is 3.95. The molecule has 2 aromatic carbocycles. The molecule has 0 aliphatic rings. The molecule has 0 saturated heterocycles. The van der Waals surface area contributed by atoms with Crippen molar-refractivity contribution in [1.82, 2.24) is 0 Å². The fraction of sp³-hybridized carbons (Fsp3) is 0.167. The average molecular weight is 298 g/mol. The summed E-state index contributed by atoms with van der Waals surface area (Å²) in [6.07, 6.45) is 1.51. The Bertz CT molecular complexity index is 690. The van der Waals surface area contributed by atoms with Crippen LogP contribution in [0, 0.1) is 5.82 Å². The van der Waals surface area contributed by atoms with Crippen LogP contribution in [0.5, 0.6) is 0 Å². The van der Waals surface area contributed by atoms with Gasteiger partial charge in [0.15, 0.2) is 0 Å². The van der Waals surface area contributed by atoms with Gasteiger partial charge in [0.25, 0.3) is 0 Å². The van der Waals surface area contributed by atoms with Gasteiger partial charge < -0.3 is 10.2 Å². The van der Waals surface area contributed by atoms with E-state index >= 15 is 0 Å². The first-order valence-corrected chi connectivity index (χ1v) is 6.99. The van der Waals surface area contributed by atoms with E-state index in [2.05, 4.69) is 5.32 Å². The van der Waals surface area contributed by atoms with Crippen molar-refractivity contribution in [2.24, 2.45) is 0 Å². The van der Waals surface area contributed by atoms with E-state index in [1.807, 2.05) is 50.2 Å². The van der Waals surface area contributed by atoms with Crippen LogP contribution in [0.4, 0.5) is 15.8 Å². The topological polar surface area (TPSA) is 32.3 Å². The Labute approximate surface area is 130 Å². The molecular weight excluding hydrogens is 279 g/mol. The Kier molecular flexibility index (Phi) is 4.94. The summed E-state index contributed by atoms with van der Waals surface area (Å²) in [5, 5.41) is 2.87. The summed E-state index contributed by atoms with van der Waals surface area (Å²) in [7, 11) is 3.84. The standard InChI is InChI=1S/C18H19FN2O/c1-13(14-8-10-15(19)11-9-14)12-18(22)20-16-6-4-5-7-17(16)21(2)3/h4-12H,1-3H3,(H,20,22)/b13-12+. The van der Waals surface area contributed by atoms with Crippen molar-refractivity contribution < 1.29 is 9.18 Å². The van der Waals surface area contributed by atoms with Crippen molar-refractivity contribution in [1.29, 1.82) is 0 Å². The number of halogens is 1. The van der Waals surface area contributed by atoms with Gasteiger partial charge >= 0.3 is 0 Å². The van der Waals surface area contributed by atoms with Crippen LogP contribution in [-0.2, 0) is 4.79 Å². The number of nitrogens with zero attached hydrogens (tertiary/aromatic N) is 1. The highest BCUT2D eigenvalue weighted by molar-refractivity contribution is 6.05. The summed E-state index contributed by atoms with van der Waals surface area (Å²) in [6.45, 7) is 1.82. The van der Waals surface area contributed by atoms with Gasteiger partial charge in [-0.25, -0.2) is 4.39 Å². The van der Waals surface area contributed by atoms with E-state index in [1.165, 1.54) is 18.2 Å². The summed E-state index contributed by atoms with van der Waals surface area (Å²) in [6, 6.07) is 13.7. The Hall–Kier alpha value is -2.62. The summed E-state index contributed by atoms with van der Waals surface area (Å²) < 4.78 is 12.9. The Morgan fingerprint density at radius 3 is 2.36 bits per heavy atom. The number of hydrogen-bond acceptors (Lipinski definition) is 2. The quantitative estimate of drug-likeness (QED) is 0.867. The predicted octanol–water partition coefficient (Wildman–Crippen LogP) is 3.93. The van der Waals surface area contributed by atoms with Gasteiger partial charge in [0.2, 0.25) is 5.91 Å². The maximum absolute atomic E-state index is 12.9. The van der Waals surface area contributed by atoms with E-state index in [9.17, 15) is 9.18 Å². The number of hydrogen-bond donors (Lipinski definition) is 1. The van der Waals surface area contributed by atoms with Crippen molar-refractivity contribution in [3.8, 4) is 0 Å². The van der Waals surface area contributed by atoms with E-state index < -0.39 is 0 Å². The lowest BCUT2D eigenvalue weighted by molar-refractivity contribution is -0.111. The summed E-state index contributed by atoms with van der Waals surface area (Å²) >= 11 is 0. The summed E-state index contributed by atoms with van der Waals surface area (Å²) in [5.74, 6) is -0.503. The number of carbonyl (C=O) groups is 1. The van der Waals surface area contributed by atoms with Gasteiger partial charge in [0.05, 0.1) is 11.4 Å². The minimum atomic E-state index is -0.291. The average Bonchev–Trinajstić information content (AvgIpc) is 2.48. The number of anilines is 2. The predicted molar refractivity (Wildman–Crippen MR) is 89.4 cm³/mol. The SMILES string of the molecule is C/C(=C\C(=O)Nc1ccccc1N(C)C)c1ccc(F)cc1. The second kappa shape index (κ2) is 6.89. The molecule has 0 atom stereocenters. The number of carbonyl (C=O) groups excluding carboxylic acids is 1. The zero-order valence-corrected chi connectivity index (χ0v) is 12.9. The molecule has 2 rings (SSSR count). The van der Waals surface area contributed by atoms with Crippen molar-refractivity contribution in [2.45, 2.75) is 6.92 Å². The van der Waals surface area contributed by atoms with Crippen molar-refractivity contribution in [3.63, 3.8) is 0 Å². The van der Waals surface area contributed by atoms with Crippen LogP contribution < -0.4 is 10.2 Å². The van der Waals surface area contributed by atoms with Crippen LogP contribution in [0.1, 0.15) is 12.5 Å². The van der Waals surface area contributed by atoms with Gasteiger partial charge in [0.1, 0.15) is 5.82 Å². The lowest BCUT2D eigenvalue weighted by Gasteiger charge is -2.17. The molecule has 1 amide bonds. The minimum Gasteiger partial charge on any atom is -0.376 e. The minimum absolute atomic E-state index is 0.212. The first-order chi connectivity index (χ1) is 10.5. The second-order valence-electron chi connectivity index (χ2n) is 5.24. The first-order valence-electron chi connectivity index (χ1n) is 6.99. The third-order valence-corrected chi connectivity index (χ3v) is 3.29. The van der Waals surface area contributed by atoms with Crippen LogP contribution in [0.25, 0.3) is 5.57 Å². The monoisotopic (exact) mass is 298 g/mol. The maximum Gasteiger partial charge on any atom is 0.248 e. The molecule has 0 bridgehead atoms. The van der Waals surface area contributed by atoms with E-state index in [0.29, 0.717) is 0 Å². The van der Waals surface area contributed by atoms with Gasteiger partial charge in [-0.2, -0.15) is 0 Å². The van der Waals surface area contributed by atoms with Gasteiger partial charge in [-0.3, -0.25) is 4.79 Å². The molecule has 1 N–H and O–H groups in total. The van der Waals surface area contributed by atoms with E-state index in [1.54, 1.807) is 12.1 Å². The normalized spacial score (nSPS) is 11.2. The highest BCUT2D eigenvalue weighted by Gasteiger charge is 2.07. The van der Waals surface area contributed by atoms with Crippen LogP contribution >= 0.6 is 0 Å². The molecule has 0 aliphatic carbocycles. The van der Waals surface area contributed by atoms with Gasteiger partial charge in [0, 0.05) is 20.2 Å². The number of benzene rings is 2. The second-order valence-corrected chi connectivity index (χ2v) is 5.24. The molecule has 0 heterocycles. The van der Waals surface area contributed by atoms with E-state index in [4.69, 9.17) is 0 Å². The van der Waals surface area contributed by atoms with Crippen molar-refractivity contribution in [3.05, 3.63) is 66.0 Å². The highest BCUT2D eigenvalue weighted by Crippen LogP contribution is 2.23. The van der Waals surface area contributed by atoms with Gasteiger partial charge in [-0.1, -0.05) is 24.3 Å². The molecule has 114 valence electrons. The van der Waals surface area contributed by atoms with Crippen molar-refractivity contribution in [2.75, 3.05) is 24.3 Å². The Morgan fingerprint density at radius 2 is 1.73 bits per heavy atom. The molecule has 0 radical (unpaired) electrons. The van der Waals surface area contributed by atoms with Crippen LogP contribution in [0.2, 0.25) is 0 Å². The molecule has 0 fully saturated rings. The molecule has 0 spiro atoms. The fourth-order valence-corrected chi connectivity index (χ4v) is 2.13. The number of para-hydroxylation sites is 2. The van der Waals surface area contributed by atoms with E-state index in [0.717, 1.165) is 22.5 Å². The Balaban J connectivity index is 2.16. The molecule has 22 heavy (non-hydrogen) atoms. The number of rotatable bonds is 4. The molecule has 3 nitrogen and oxygen atoms in total. The molecule has 2 aromatic rings. The zero-order chi connectivity index (χ0) is 16.1. The lowest BCUT2D eigenvalue weighted by Crippen LogP contribution is -2.15. The van der Waals surface area contributed by atoms with Crippen LogP contribution in [0.15, 0.2) is 54.6 Å². The number of amides is 1. The first kappa shape index (κ1) is 15.8. The maximum atomic E-state index is 12.9. The fourth-order valence-electron chi connectivity index (χ4n) is 2.13. The summed E-state index contributed by atoms with van der Waals surface area (Å²) in [5.41, 5.74) is 3.28. The van der Waals surface area contributed by atoms with Gasteiger partial charge in [-0.05, 0) is 42.3 Å². The van der Waals surface area contributed by atoms with Crippen LogP contribution in [-0.4, -0.2) is 20.0 Å². The molecular formula is C18H19FN2O. The molecule has 0 aromatic heterocycles. The zero-order valence-electron chi connectivity index (χ0n) is 12.9. The third-order valence-electron chi connectivity index (χ3n) is 3.29. The largest absolute Gasteiger partial charge is 0.376 e. The van der Waals surface area contributed by atoms with Crippen molar-refractivity contribution >= 4 is 22.9 Å². The van der Waals surface area contributed by atoms with Crippen LogP contribution in [0.3, 0.4) is 0 Å². The summed E-state index contributed by atoms with van der Waals surface area (Å²) in [4.78, 5) is 14.1. The van der Waals surface area contributed by atoms with E-state index in [-0.39, 0.29) is 11.7 Å². The molecule has 0 unspecified atom stereocenters. The lowest BCUT2D eigenvalue weighted by atomic mass is 10.1. The molecule has 4 heteroatoms. The molecule has 0 aliphatic heterocycles. The Morgan fingerprint density at radius 1 is 1.09 bits per heavy atom.